The van der Waals surface area contributed by atoms with E-state index in [1.807, 2.05) is 0 Å². The van der Waals surface area contributed by atoms with Crippen molar-refractivity contribution in [3.63, 3.8) is 0 Å². The van der Waals surface area contributed by atoms with Crippen LogP contribution in [0.25, 0.3) is 0 Å². The van der Waals surface area contributed by atoms with E-state index in [2.05, 4.69) is 0 Å². The fourth-order valence-corrected chi connectivity index (χ4v) is 1.24. The molecule has 0 aromatic carbocycles. The zero-order valence-electron chi connectivity index (χ0n) is 7.73. The molecule has 0 aliphatic heterocycles. The van der Waals surface area contributed by atoms with Crippen LogP contribution in [0.4, 0.5) is 0 Å². The molecule has 0 fully saturated rings. The Bertz CT molecular complexity index is 195. The molecule has 0 N–H and O–H groups in total. The average molecular weight is 200 g/mol. The van der Waals surface area contributed by atoms with Crippen molar-refractivity contribution >= 4 is 18.2 Å². The van der Waals surface area contributed by atoms with E-state index in [0.29, 0.717) is 19.3 Å². The van der Waals surface area contributed by atoms with Crippen LogP contribution in [0.3, 0.4) is 0 Å². The first-order chi connectivity index (χ1) is 6.56. The molecular weight excluding hydrogens is 188 g/mol. The number of carbonyl (C=O) groups is 3. The SMILES string of the molecule is O=CCCCC(CC(=O)[O-])CC(=O)[O-]. The quantitative estimate of drug-likeness (QED) is 0.342. The molecule has 0 spiro atoms. The molecule has 5 heteroatoms. The predicted octanol–water partition coefficient (Wildman–Crippen LogP) is -1.75. The van der Waals surface area contributed by atoms with Crippen LogP contribution in [-0.4, -0.2) is 18.2 Å². The highest BCUT2D eigenvalue weighted by Crippen LogP contribution is 2.15. The maximum absolute atomic E-state index is 10.2. The van der Waals surface area contributed by atoms with Gasteiger partial charge in [-0.25, -0.2) is 0 Å². The van der Waals surface area contributed by atoms with Crippen molar-refractivity contribution in [1.29, 1.82) is 0 Å². The van der Waals surface area contributed by atoms with Gasteiger partial charge in [-0.2, -0.15) is 0 Å². The van der Waals surface area contributed by atoms with Crippen LogP contribution in [-0.2, 0) is 14.4 Å². The van der Waals surface area contributed by atoms with Gasteiger partial charge in [0.15, 0.2) is 0 Å². The molecular formula is C9H12O5-2. The summed E-state index contributed by atoms with van der Waals surface area (Å²) in [5.41, 5.74) is 0. The minimum atomic E-state index is -1.28. The number of carboxylic acid groups (broad SMARTS) is 2. The molecule has 0 aliphatic rings. The standard InChI is InChI=1S/C9H14O5/c10-4-2-1-3-7(5-8(11)12)6-9(13)14/h4,7H,1-3,5-6H2,(H,11,12)(H,13,14)/p-2. The summed E-state index contributed by atoms with van der Waals surface area (Å²) in [7, 11) is 0. The fraction of sp³-hybridized carbons (Fsp3) is 0.667. The Morgan fingerprint density at radius 2 is 1.64 bits per heavy atom. The topological polar surface area (TPSA) is 97.3 Å². The lowest BCUT2D eigenvalue weighted by molar-refractivity contribution is -0.309. The lowest BCUT2D eigenvalue weighted by atomic mass is 9.95. The maximum atomic E-state index is 10.2. The van der Waals surface area contributed by atoms with Crippen molar-refractivity contribution in [2.24, 2.45) is 5.92 Å². The molecule has 0 radical (unpaired) electrons. The van der Waals surface area contributed by atoms with Gasteiger partial charge >= 0.3 is 0 Å². The normalized spacial score (nSPS) is 10.1. The number of aldehydes is 1. The highest BCUT2D eigenvalue weighted by Gasteiger charge is 2.09. The zero-order chi connectivity index (χ0) is 11.0. The Morgan fingerprint density at radius 3 is 2.00 bits per heavy atom. The molecule has 0 saturated heterocycles. The highest BCUT2D eigenvalue weighted by atomic mass is 16.4. The van der Waals surface area contributed by atoms with Gasteiger partial charge in [0, 0.05) is 18.4 Å². The lowest BCUT2D eigenvalue weighted by Crippen LogP contribution is -2.30. The van der Waals surface area contributed by atoms with Crippen molar-refractivity contribution in [2.75, 3.05) is 0 Å². The Kier molecular flexibility index (Phi) is 6.36. The summed E-state index contributed by atoms with van der Waals surface area (Å²) in [5.74, 6) is -3.05. The van der Waals surface area contributed by atoms with Crippen molar-refractivity contribution in [2.45, 2.75) is 32.1 Å². The third-order valence-corrected chi connectivity index (χ3v) is 1.85. The summed E-state index contributed by atoms with van der Waals surface area (Å²) in [6, 6.07) is 0. The van der Waals surface area contributed by atoms with E-state index >= 15 is 0 Å². The molecule has 14 heavy (non-hydrogen) atoms. The third kappa shape index (κ3) is 7.27. The molecule has 80 valence electrons. The van der Waals surface area contributed by atoms with Gasteiger partial charge in [-0.15, -0.1) is 0 Å². The van der Waals surface area contributed by atoms with Crippen LogP contribution < -0.4 is 10.2 Å². The molecule has 0 rings (SSSR count). The van der Waals surface area contributed by atoms with Gasteiger partial charge in [0.25, 0.3) is 0 Å². The second-order valence-electron chi connectivity index (χ2n) is 3.12. The molecule has 0 aromatic rings. The predicted molar refractivity (Wildman–Crippen MR) is 42.7 cm³/mol. The molecule has 0 aromatic heterocycles. The summed E-state index contributed by atoms with van der Waals surface area (Å²) in [6.07, 6.45) is 1.32. The minimum Gasteiger partial charge on any atom is -0.550 e. The maximum Gasteiger partial charge on any atom is 0.119 e. The Morgan fingerprint density at radius 1 is 1.14 bits per heavy atom. The first kappa shape index (κ1) is 12.6. The minimum absolute atomic E-state index is 0.299. The summed E-state index contributed by atoms with van der Waals surface area (Å²) >= 11 is 0. The zero-order valence-corrected chi connectivity index (χ0v) is 7.73. The number of unbranched alkanes of at least 4 members (excludes halogenated alkanes) is 1. The van der Waals surface area contributed by atoms with E-state index in [0.717, 1.165) is 6.29 Å². The van der Waals surface area contributed by atoms with Crippen LogP contribution in [0, 0.1) is 5.92 Å². The lowest BCUT2D eigenvalue weighted by Gasteiger charge is -2.17. The second-order valence-corrected chi connectivity index (χ2v) is 3.12. The van der Waals surface area contributed by atoms with Gasteiger partial charge in [-0.1, -0.05) is 0 Å². The van der Waals surface area contributed by atoms with Crippen molar-refractivity contribution < 1.29 is 24.6 Å². The van der Waals surface area contributed by atoms with E-state index in [4.69, 9.17) is 0 Å². The molecule has 0 aliphatic carbocycles. The Balaban J connectivity index is 3.89. The van der Waals surface area contributed by atoms with Gasteiger partial charge in [-0.3, -0.25) is 0 Å². The smallest absolute Gasteiger partial charge is 0.119 e. The number of rotatable bonds is 8. The highest BCUT2D eigenvalue weighted by molar-refractivity contribution is 5.68. The monoisotopic (exact) mass is 200 g/mol. The van der Waals surface area contributed by atoms with E-state index < -0.39 is 17.9 Å². The van der Waals surface area contributed by atoms with E-state index in [1.165, 1.54) is 0 Å². The largest absolute Gasteiger partial charge is 0.550 e. The molecule has 5 nitrogen and oxygen atoms in total. The molecule has 0 unspecified atom stereocenters. The van der Waals surface area contributed by atoms with Gasteiger partial charge < -0.3 is 24.6 Å². The van der Waals surface area contributed by atoms with Crippen molar-refractivity contribution in [1.82, 2.24) is 0 Å². The van der Waals surface area contributed by atoms with Gasteiger partial charge in [0.2, 0.25) is 0 Å². The van der Waals surface area contributed by atoms with Crippen LogP contribution in [0.15, 0.2) is 0 Å². The molecule has 0 saturated carbocycles. The number of carbonyl (C=O) groups excluding carboxylic acids is 3. The fourth-order valence-electron chi connectivity index (χ4n) is 1.24. The van der Waals surface area contributed by atoms with E-state index in [9.17, 15) is 24.6 Å². The van der Waals surface area contributed by atoms with Gasteiger partial charge in [0.1, 0.15) is 6.29 Å². The van der Waals surface area contributed by atoms with Gasteiger partial charge in [0.05, 0.1) is 0 Å². The summed E-state index contributed by atoms with van der Waals surface area (Å²) in [6.45, 7) is 0. The van der Waals surface area contributed by atoms with Crippen molar-refractivity contribution in [3.05, 3.63) is 0 Å². The van der Waals surface area contributed by atoms with Gasteiger partial charge in [-0.05, 0) is 31.6 Å². The van der Waals surface area contributed by atoms with Crippen LogP contribution >= 0.6 is 0 Å². The van der Waals surface area contributed by atoms with E-state index in [-0.39, 0.29) is 12.8 Å². The first-order valence-corrected chi connectivity index (χ1v) is 4.39. The molecule has 0 amide bonds. The average Bonchev–Trinajstić information content (AvgIpc) is 2.02. The number of aliphatic carboxylic acids is 2. The van der Waals surface area contributed by atoms with Crippen LogP contribution in [0.1, 0.15) is 32.1 Å². The van der Waals surface area contributed by atoms with E-state index in [1.54, 1.807) is 0 Å². The molecule has 0 atom stereocenters. The summed E-state index contributed by atoms with van der Waals surface area (Å²) in [5, 5.41) is 20.5. The van der Waals surface area contributed by atoms with Crippen molar-refractivity contribution in [3.8, 4) is 0 Å². The summed E-state index contributed by atoms with van der Waals surface area (Å²) in [4.78, 5) is 30.4. The second kappa shape index (κ2) is 7.06. The summed E-state index contributed by atoms with van der Waals surface area (Å²) < 4.78 is 0. The third-order valence-electron chi connectivity index (χ3n) is 1.85. The number of carboxylic acids is 2. The Labute approximate surface area is 81.7 Å². The molecule has 0 bridgehead atoms. The van der Waals surface area contributed by atoms with Crippen LogP contribution in [0.5, 0.6) is 0 Å². The Hall–Kier alpha value is -1.39. The molecule has 0 heterocycles. The van der Waals surface area contributed by atoms with Crippen LogP contribution in [0.2, 0.25) is 0 Å². The first-order valence-electron chi connectivity index (χ1n) is 4.39. The number of hydrogen-bond donors (Lipinski definition) is 0. The number of hydrogen-bond acceptors (Lipinski definition) is 5.